The van der Waals surface area contributed by atoms with Crippen LogP contribution in [-0.4, -0.2) is 19.0 Å². The fourth-order valence-electron chi connectivity index (χ4n) is 2.15. The molecule has 0 bridgehead atoms. The molecule has 1 heterocycles. The highest BCUT2D eigenvalue weighted by Gasteiger charge is 2.22. The smallest absolute Gasteiger partial charge is 0.207 e. The Labute approximate surface area is 117 Å². The molecule has 3 rings (SSSR count). The van der Waals surface area contributed by atoms with Crippen molar-refractivity contribution in [3.8, 4) is 11.5 Å². The lowest BCUT2D eigenvalue weighted by molar-refractivity contribution is 0.0849. The molecule has 1 aliphatic heterocycles. The Kier molecular flexibility index (Phi) is 3.25. The van der Waals surface area contributed by atoms with Crippen LogP contribution in [0.3, 0.4) is 0 Å². The van der Waals surface area contributed by atoms with Crippen LogP contribution in [0.5, 0.6) is 11.5 Å². The molecule has 0 radical (unpaired) electrons. The Morgan fingerprint density at radius 1 is 1.10 bits per heavy atom. The van der Waals surface area contributed by atoms with Gasteiger partial charge in [-0.05, 0) is 36.4 Å². The number of carbonyl (C=O) groups excluding carboxylic acids is 1. The molecule has 2 aromatic rings. The third kappa shape index (κ3) is 2.30. The summed E-state index contributed by atoms with van der Waals surface area (Å²) in [4.78, 5) is 12.4. The molecule has 100 valence electrons. The van der Waals surface area contributed by atoms with Gasteiger partial charge in [-0.1, -0.05) is 24.3 Å². The molecule has 0 saturated heterocycles. The van der Waals surface area contributed by atoms with Gasteiger partial charge in [0.15, 0.2) is 6.10 Å². The third-order valence-electron chi connectivity index (χ3n) is 3.26. The highest BCUT2D eigenvalue weighted by molar-refractivity contribution is 6.01. The van der Waals surface area contributed by atoms with Crippen molar-refractivity contribution in [2.75, 3.05) is 7.11 Å². The number of ketones is 1. The van der Waals surface area contributed by atoms with E-state index in [-0.39, 0.29) is 5.78 Å². The maximum atomic E-state index is 12.4. The van der Waals surface area contributed by atoms with Gasteiger partial charge in [0.25, 0.3) is 0 Å². The SMILES string of the molecule is COc1ccc(C(=O)C2C=Cc3ccccc3O2)cc1. The molecule has 3 heteroatoms. The Morgan fingerprint density at radius 2 is 1.85 bits per heavy atom. The van der Waals surface area contributed by atoms with E-state index in [1.54, 1.807) is 37.5 Å². The predicted molar refractivity (Wildman–Crippen MR) is 77.2 cm³/mol. The van der Waals surface area contributed by atoms with Crippen LogP contribution in [0.4, 0.5) is 0 Å². The maximum Gasteiger partial charge on any atom is 0.207 e. The lowest BCUT2D eigenvalue weighted by atomic mass is 10.0. The van der Waals surface area contributed by atoms with Crippen LogP contribution in [0.15, 0.2) is 54.6 Å². The predicted octanol–water partition coefficient (Wildman–Crippen LogP) is 3.35. The quantitative estimate of drug-likeness (QED) is 0.799. The Morgan fingerprint density at radius 3 is 2.60 bits per heavy atom. The second-order valence-corrected chi connectivity index (χ2v) is 4.53. The summed E-state index contributed by atoms with van der Waals surface area (Å²) in [7, 11) is 1.60. The first-order valence-corrected chi connectivity index (χ1v) is 6.40. The van der Waals surface area contributed by atoms with Crippen molar-refractivity contribution >= 4 is 11.9 Å². The molecule has 0 fully saturated rings. The lowest BCUT2D eigenvalue weighted by Gasteiger charge is -2.20. The number of para-hydroxylation sites is 1. The maximum absolute atomic E-state index is 12.4. The lowest BCUT2D eigenvalue weighted by Crippen LogP contribution is -2.27. The first-order chi connectivity index (χ1) is 9.78. The Balaban J connectivity index is 1.82. The van der Waals surface area contributed by atoms with Crippen LogP contribution in [0.2, 0.25) is 0 Å². The molecule has 0 aromatic heterocycles. The molecule has 2 aromatic carbocycles. The molecule has 20 heavy (non-hydrogen) atoms. The zero-order valence-corrected chi connectivity index (χ0v) is 11.1. The zero-order chi connectivity index (χ0) is 13.9. The Bertz CT molecular complexity index is 656. The van der Waals surface area contributed by atoms with Gasteiger partial charge in [0, 0.05) is 11.1 Å². The zero-order valence-electron chi connectivity index (χ0n) is 11.1. The van der Waals surface area contributed by atoms with E-state index in [9.17, 15) is 4.79 Å². The molecular weight excluding hydrogens is 252 g/mol. The summed E-state index contributed by atoms with van der Waals surface area (Å²) in [6.07, 6.45) is 3.14. The van der Waals surface area contributed by atoms with Gasteiger partial charge < -0.3 is 9.47 Å². The minimum atomic E-state index is -0.571. The number of hydrogen-bond donors (Lipinski definition) is 0. The van der Waals surface area contributed by atoms with Crippen LogP contribution in [0.25, 0.3) is 6.08 Å². The number of methoxy groups -OCH3 is 1. The van der Waals surface area contributed by atoms with Crippen molar-refractivity contribution in [3.63, 3.8) is 0 Å². The van der Waals surface area contributed by atoms with Gasteiger partial charge in [0.2, 0.25) is 5.78 Å². The van der Waals surface area contributed by atoms with E-state index in [0.29, 0.717) is 5.56 Å². The van der Waals surface area contributed by atoms with E-state index in [1.165, 1.54) is 0 Å². The van der Waals surface area contributed by atoms with E-state index in [2.05, 4.69) is 0 Å². The summed E-state index contributed by atoms with van der Waals surface area (Å²) in [6.45, 7) is 0. The third-order valence-corrected chi connectivity index (χ3v) is 3.26. The average molecular weight is 266 g/mol. The van der Waals surface area contributed by atoms with Gasteiger partial charge in [-0.2, -0.15) is 0 Å². The van der Waals surface area contributed by atoms with Crippen LogP contribution >= 0.6 is 0 Å². The first kappa shape index (κ1) is 12.5. The minimum absolute atomic E-state index is 0.0570. The summed E-state index contributed by atoms with van der Waals surface area (Å²) in [5.41, 5.74) is 1.60. The van der Waals surface area contributed by atoms with Gasteiger partial charge >= 0.3 is 0 Å². The van der Waals surface area contributed by atoms with Gasteiger partial charge in [-0.3, -0.25) is 4.79 Å². The molecule has 3 nitrogen and oxygen atoms in total. The second-order valence-electron chi connectivity index (χ2n) is 4.53. The molecule has 0 spiro atoms. The number of carbonyl (C=O) groups is 1. The highest BCUT2D eigenvalue weighted by atomic mass is 16.5. The molecule has 0 N–H and O–H groups in total. The molecule has 1 atom stereocenters. The van der Waals surface area contributed by atoms with Crippen molar-refractivity contribution in [2.45, 2.75) is 6.10 Å². The number of ether oxygens (including phenoxy) is 2. The van der Waals surface area contributed by atoms with Crippen molar-refractivity contribution in [1.29, 1.82) is 0 Å². The number of hydrogen-bond acceptors (Lipinski definition) is 3. The van der Waals surface area contributed by atoms with Crippen LogP contribution in [0, 0.1) is 0 Å². The topological polar surface area (TPSA) is 35.5 Å². The second kappa shape index (κ2) is 5.21. The molecule has 0 amide bonds. The van der Waals surface area contributed by atoms with E-state index in [4.69, 9.17) is 9.47 Å². The van der Waals surface area contributed by atoms with Gasteiger partial charge in [-0.15, -0.1) is 0 Å². The van der Waals surface area contributed by atoms with Crippen molar-refractivity contribution in [1.82, 2.24) is 0 Å². The average Bonchev–Trinajstić information content (AvgIpc) is 2.54. The molecule has 1 aliphatic rings. The number of rotatable bonds is 3. The number of benzene rings is 2. The summed E-state index contributed by atoms with van der Waals surface area (Å²) in [5.74, 6) is 1.41. The van der Waals surface area contributed by atoms with Crippen LogP contribution in [0.1, 0.15) is 15.9 Å². The monoisotopic (exact) mass is 266 g/mol. The number of fused-ring (bicyclic) bond motifs is 1. The van der Waals surface area contributed by atoms with Crippen molar-refractivity contribution < 1.29 is 14.3 Å². The Hall–Kier alpha value is -2.55. The van der Waals surface area contributed by atoms with Gasteiger partial charge in [0.1, 0.15) is 11.5 Å². The fourth-order valence-corrected chi connectivity index (χ4v) is 2.15. The van der Waals surface area contributed by atoms with E-state index in [0.717, 1.165) is 17.1 Å². The first-order valence-electron chi connectivity index (χ1n) is 6.40. The minimum Gasteiger partial charge on any atom is -0.497 e. The van der Waals surface area contributed by atoms with Gasteiger partial charge in [-0.25, -0.2) is 0 Å². The molecular formula is C17H14O3. The van der Waals surface area contributed by atoms with Crippen molar-refractivity contribution in [3.05, 3.63) is 65.7 Å². The van der Waals surface area contributed by atoms with E-state index in [1.807, 2.05) is 30.3 Å². The normalized spacial score (nSPS) is 16.1. The summed E-state index contributed by atoms with van der Waals surface area (Å²) in [6, 6.07) is 14.7. The van der Waals surface area contributed by atoms with Crippen molar-refractivity contribution in [2.24, 2.45) is 0 Å². The molecule has 0 aliphatic carbocycles. The highest BCUT2D eigenvalue weighted by Crippen LogP contribution is 2.26. The van der Waals surface area contributed by atoms with Gasteiger partial charge in [0.05, 0.1) is 7.11 Å². The molecule has 0 saturated carbocycles. The van der Waals surface area contributed by atoms with E-state index >= 15 is 0 Å². The van der Waals surface area contributed by atoms with E-state index < -0.39 is 6.10 Å². The summed E-state index contributed by atoms with van der Waals surface area (Å²) >= 11 is 0. The molecule has 1 unspecified atom stereocenters. The summed E-state index contributed by atoms with van der Waals surface area (Å²) < 4.78 is 10.8. The summed E-state index contributed by atoms with van der Waals surface area (Å²) in [5, 5.41) is 0. The largest absolute Gasteiger partial charge is 0.497 e. The van der Waals surface area contributed by atoms with Crippen LogP contribution in [-0.2, 0) is 0 Å². The number of Topliss-reactive ketones (excluding diaryl/α,β-unsaturated/α-hetero) is 1. The fraction of sp³-hybridized carbons (Fsp3) is 0.118. The van der Waals surface area contributed by atoms with Crippen LogP contribution < -0.4 is 9.47 Å². The standard InChI is InChI=1S/C17H14O3/c1-19-14-9-6-13(7-10-14)17(18)16-11-8-12-4-2-3-5-15(12)20-16/h2-11,16H,1H3.